The van der Waals surface area contributed by atoms with Gasteiger partial charge in [0.25, 0.3) is 5.56 Å². The van der Waals surface area contributed by atoms with Gasteiger partial charge in [-0.25, -0.2) is 4.79 Å². The fourth-order valence-corrected chi connectivity index (χ4v) is 2.31. The van der Waals surface area contributed by atoms with Gasteiger partial charge in [0.15, 0.2) is 0 Å². The number of hydrogen-bond acceptors (Lipinski definition) is 3. The van der Waals surface area contributed by atoms with Crippen molar-refractivity contribution in [2.45, 2.75) is 33.9 Å². The number of aromatic carboxylic acids is 1. The Morgan fingerprint density at radius 3 is 2.55 bits per heavy atom. The van der Waals surface area contributed by atoms with Gasteiger partial charge in [-0.2, -0.15) is 5.10 Å². The molecule has 2 rings (SSSR count). The summed E-state index contributed by atoms with van der Waals surface area (Å²) in [6.45, 7) is 6.16. The first-order chi connectivity index (χ1) is 9.40. The fourth-order valence-electron chi connectivity index (χ4n) is 2.31. The minimum atomic E-state index is -1.01. The number of nitrogens with zero attached hydrogens (tertiary/aromatic N) is 3. The lowest BCUT2D eigenvalue weighted by Gasteiger charge is -2.14. The van der Waals surface area contributed by atoms with Gasteiger partial charge in [-0.15, -0.1) is 0 Å². The Balaban J connectivity index is 2.34. The van der Waals surface area contributed by atoms with E-state index in [9.17, 15) is 14.7 Å². The van der Waals surface area contributed by atoms with Crippen molar-refractivity contribution in [2.75, 3.05) is 0 Å². The Morgan fingerprint density at radius 2 is 2.00 bits per heavy atom. The van der Waals surface area contributed by atoms with E-state index in [1.54, 1.807) is 24.7 Å². The number of aromatic nitrogens is 3. The molecule has 6 nitrogen and oxygen atoms in total. The lowest BCUT2D eigenvalue weighted by atomic mass is 10.1. The van der Waals surface area contributed by atoms with E-state index < -0.39 is 5.97 Å². The summed E-state index contributed by atoms with van der Waals surface area (Å²) in [6, 6.07) is 1.37. The van der Waals surface area contributed by atoms with Gasteiger partial charge in [0.1, 0.15) is 0 Å². The monoisotopic (exact) mass is 275 g/mol. The third-order valence-corrected chi connectivity index (χ3v) is 3.30. The van der Waals surface area contributed by atoms with Gasteiger partial charge in [0.05, 0.1) is 18.3 Å². The third kappa shape index (κ3) is 2.64. The van der Waals surface area contributed by atoms with E-state index in [1.165, 1.54) is 10.6 Å². The van der Waals surface area contributed by atoms with Crippen LogP contribution in [0.1, 0.15) is 27.2 Å². The predicted octanol–water partition coefficient (Wildman–Crippen LogP) is 1.37. The van der Waals surface area contributed by atoms with Gasteiger partial charge in [-0.1, -0.05) is 0 Å². The molecular formula is C14H17N3O3. The number of rotatable bonds is 4. The molecule has 20 heavy (non-hydrogen) atoms. The van der Waals surface area contributed by atoms with Gasteiger partial charge in [0.2, 0.25) is 0 Å². The van der Waals surface area contributed by atoms with Gasteiger partial charge in [-0.05, 0) is 31.9 Å². The van der Waals surface area contributed by atoms with Crippen molar-refractivity contribution in [3.63, 3.8) is 0 Å². The molecule has 0 unspecified atom stereocenters. The second-order valence-corrected chi connectivity index (χ2v) is 4.86. The summed E-state index contributed by atoms with van der Waals surface area (Å²) in [5.74, 6) is -1.01. The predicted molar refractivity (Wildman–Crippen MR) is 74.1 cm³/mol. The van der Waals surface area contributed by atoms with E-state index in [1.807, 2.05) is 13.1 Å². The van der Waals surface area contributed by atoms with Crippen molar-refractivity contribution in [1.82, 2.24) is 14.3 Å². The van der Waals surface area contributed by atoms with Crippen LogP contribution < -0.4 is 5.56 Å². The maximum absolute atomic E-state index is 12.0. The van der Waals surface area contributed by atoms with Gasteiger partial charge in [0, 0.05) is 24.5 Å². The molecule has 0 saturated carbocycles. The number of hydrogen-bond donors (Lipinski definition) is 1. The van der Waals surface area contributed by atoms with E-state index in [4.69, 9.17) is 0 Å². The standard InChI is InChI=1S/C14H17N3O3/c1-9-7-15-16(8-9)4-5-17-11(3)13(14(19)20)10(2)6-12(17)18/h6-8H,4-5H2,1-3H3,(H,19,20). The first kappa shape index (κ1) is 14.0. The summed E-state index contributed by atoms with van der Waals surface area (Å²) in [5.41, 5.74) is 2.02. The molecule has 0 aliphatic carbocycles. The van der Waals surface area contributed by atoms with Crippen LogP contribution in [-0.4, -0.2) is 25.4 Å². The zero-order valence-electron chi connectivity index (χ0n) is 11.8. The number of pyridine rings is 1. The van der Waals surface area contributed by atoms with E-state index in [0.717, 1.165) is 5.56 Å². The van der Waals surface area contributed by atoms with Crippen LogP contribution in [0.15, 0.2) is 23.3 Å². The maximum Gasteiger partial charge on any atom is 0.337 e. The van der Waals surface area contributed by atoms with Crippen LogP contribution in [0.2, 0.25) is 0 Å². The topological polar surface area (TPSA) is 77.1 Å². The molecule has 0 radical (unpaired) electrons. The van der Waals surface area contributed by atoms with Crippen LogP contribution in [0.5, 0.6) is 0 Å². The number of carboxylic acid groups (broad SMARTS) is 1. The molecule has 0 spiro atoms. The average molecular weight is 275 g/mol. The van der Waals surface area contributed by atoms with E-state index in [-0.39, 0.29) is 11.1 Å². The molecule has 6 heteroatoms. The highest BCUT2D eigenvalue weighted by atomic mass is 16.4. The van der Waals surface area contributed by atoms with Crippen molar-refractivity contribution in [2.24, 2.45) is 0 Å². The normalized spacial score (nSPS) is 10.8. The molecule has 0 aromatic carbocycles. The summed E-state index contributed by atoms with van der Waals surface area (Å²) in [4.78, 5) is 23.3. The van der Waals surface area contributed by atoms with Crippen LogP contribution in [0, 0.1) is 20.8 Å². The molecule has 0 saturated heterocycles. The molecule has 0 bridgehead atoms. The summed E-state index contributed by atoms with van der Waals surface area (Å²) < 4.78 is 3.22. The summed E-state index contributed by atoms with van der Waals surface area (Å²) in [7, 11) is 0. The third-order valence-electron chi connectivity index (χ3n) is 3.30. The second-order valence-electron chi connectivity index (χ2n) is 4.86. The van der Waals surface area contributed by atoms with E-state index >= 15 is 0 Å². The number of carboxylic acids is 1. The van der Waals surface area contributed by atoms with Gasteiger partial charge >= 0.3 is 5.97 Å². The minimum absolute atomic E-state index is 0.186. The van der Waals surface area contributed by atoms with Crippen LogP contribution in [0.25, 0.3) is 0 Å². The average Bonchev–Trinajstić information content (AvgIpc) is 2.73. The largest absolute Gasteiger partial charge is 0.478 e. The lowest BCUT2D eigenvalue weighted by molar-refractivity contribution is 0.0694. The first-order valence-corrected chi connectivity index (χ1v) is 6.33. The Labute approximate surface area is 116 Å². The van der Waals surface area contributed by atoms with Crippen LogP contribution >= 0.6 is 0 Å². The summed E-state index contributed by atoms with van der Waals surface area (Å²) >= 11 is 0. The van der Waals surface area contributed by atoms with Crippen molar-refractivity contribution >= 4 is 5.97 Å². The van der Waals surface area contributed by atoms with Crippen molar-refractivity contribution in [3.05, 3.63) is 51.2 Å². The van der Waals surface area contributed by atoms with Crippen LogP contribution in [0.3, 0.4) is 0 Å². The van der Waals surface area contributed by atoms with Gasteiger partial charge in [-0.3, -0.25) is 9.48 Å². The highest BCUT2D eigenvalue weighted by molar-refractivity contribution is 5.90. The van der Waals surface area contributed by atoms with Crippen molar-refractivity contribution < 1.29 is 9.90 Å². The highest BCUT2D eigenvalue weighted by Gasteiger charge is 2.15. The molecule has 0 aliphatic rings. The molecule has 0 fully saturated rings. The zero-order valence-corrected chi connectivity index (χ0v) is 11.8. The molecule has 0 atom stereocenters. The van der Waals surface area contributed by atoms with Crippen molar-refractivity contribution in [1.29, 1.82) is 0 Å². The lowest BCUT2D eigenvalue weighted by Crippen LogP contribution is -2.27. The van der Waals surface area contributed by atoms with E-state index in [0.29, 0.717) is 24.3 Å². The molecule has 2 aromatic rings. The quantitative estimate of drug-likeness (QED) is 0.914. The Bertz CT molecular complexity index is 713. The molecule has 1 N–H and O–H groups in total. The Kier molecular flexibility index (Phi) is 3.74. The Morgan fingerprint density at radius 1 is 1.30 bits per heavy atom. The number of carbonyl (C=O) groups is 1. The molecule has 2 heterocycles. The molecular weight excluding hydrogens is 258 g/mol. The van der Waals surface area contributed by atoms with Crippen LogP contribution in [0.4, 0.5) is 0 Å². The first-order valence-electron chi connectivity index (χ1n) is 6.33. The second kappa shape index (κ2) is 5.32. The summed E-state index contributed by atoms with van der Waals surface area (Å²) in [6.07, 6.45) is 3.63. The molecule has 2 aromatic heterocycles. The molecule has 0 aliphatic heterocycles. The van der Waals surface area contributed by atoms with Gasteiger partial charge < -0.3 is 9.67 Å². The van der Waals surface area contributed by atoms with Crippen molar-refractivity contribution in [3.8, 4) is 0 Å². The SMILES string of the molecule is Cc1cnn(CCn2c(C)c(C(=O)O)c(C)cc2=O)c1. The Hall–Kier alpha value is -2.37. The zero-order chi connectivity index (χ0) is 14.9. The molecule has 0 amide bonds. The minimum Gasteiger partial charge on any atom is -0.478 e. The number of aryl methyl sites for hydroxylation is 3. The smallest absolute Gasteiger partial charge is 0.337 e. The molecule has 106 valence electrons. The fraction of sp³-hybridized carbons (Fsp3) is 0.357. The highest BCUT2D eigenvalue weighted by Crippen LogP contribution is 2.11. The van der Waals surface area contributed by atoms with Crippen LogP contribution in [-0.2, 0) is 13.1 Å². The van der Waals surface area contributed by atoms with E-state index in [2.05, 4.69) is 5.10 Å². The maximum atomic E-state index is 12.0. The summed E-state index contributed by atoms with van der Waals surface area (Å²) in [5, 5.41) is 13.4.